The highest BCUT2D eigenvalue weighted by molar-refractivity contribution is 8.01. The fraction of sp³-hybridized carbons (Fsp3) is 1.00. The molecular formula is C12H25NS. The SMILES string of the molecule is CCC(C)SC1(CN)CCC(C)CC1. The Bertz CT molecular complexity index is 162. The molecule has 14 heavy (non-hydrogen) atoms. The summed E-state index contributed by atoms with van der Waals surface area (Å²) in [5.41, 5.74) is 5.97. The van der Waals surface area contributed by atoms with E-state index < -0.39 is 0 Å². The van der Waals surface area contributed by atoms with Crippen LogP contribution in [-0.2, 0) is 0 Å². The molecule has 1 saturated carbocycles. The van der Waals surface area contributed by atoms with Crippen LogP contribution in [-0.4, -0.2) is 16.5 Å². The van der Waals surface area contributed by atoms with E-state index in [2.05, 4.69) is 32.5 Å². The van der Waals surface area contributed by atoms with Gasteiger partial charge < -0.3 is 5.73 Å². The van der Waals surface area contributed by atoms with Gasteiger partial charge in [-0.25, -0.2) is 0 Å². The third-order valence-electron chi connectivity index (χ3n) is 3.58. The quantitative estimate of drug-likeness (QED) is 0.777. The van der Waals surface area contributed by atoms with Gasteiger partial charge in [-0.3, -0.25) is 0 Å². The molecule has 0 bridgehead atoms. The minimum absolute atomic E-state index is 0.419. The van der Waals surface area contributed by atoms with Gasteiger partial charge in [-0.2, -0.15) is 11.8 Å². The van der Waals surface area contributed by atoms with Crippen molar-refractivity contribution in [1.82, 2.24) is 0 Å². The summed E-state index contributed by atoms with van der Waals surface area (Å²) in [6.45, 7) is 7.84. The normalized spacial score (nSPS) is 35.6. The largest absolute Gasteiger partial charge is 0.329 e. The lowest BCUT2D eigenvalue weighted by Gasteiger charge is -2.39. The van der Waals surface area contributed by atoms with E-state index in [9.17, 15) is 0 Å². The summed E-state index contributed by atoms with van der Waals surface area (Å²) in [5, 5.41) is 0.770. The predicted molar refractivity (Wildman–Crippen MR) is 66.8 cm³/mol. The van der Waals surface area contributed by atoms with Crippen LogP contribution < -0.4 is 5.73 Å². The van der Waals surface area contributed by atoms with E-state index in [1.165, 1.54) is 32.1 Å². The van der Waals surface area contributed by atoms with E-state index in [0.717, 1.165) is 17.7 Å². The Labute approximate surface area is 93.2 Å². The molecule has 0 heterocycles. The van der Waals surface area contributed by atoms with Gasteiger partial charge in [-0.1, -0.05) is 20.8 Å². The molecule has 84 valence electrons. The van der Waals surface area contributed by atoms with Crippen LogP contribution in [0.1, 0.15) is 52.9 Å². The summed E-state index contributed by atoms with van der Waals surface area (Å²) in [4.78, 5) is 0. The highest BCUT2D eigenvalue weighted by Gasteiger charge is 2.34. The zero-order valence-corrected chi connectivity index (χ0v) is 10.7. The van der Waals surface area contributed by atoms with Gasteiger partial charge in [-0.05, 0) is 38.0 Å². The third kappa shape index (κ3) is 3.16. The van der Waals surface area contributed by atoms with E-state index in [1.54, 1.807) is 0 Å². The Morgan fingerprint density at radius 2 is 2.00 bits per heavy atom. The van der Waals surface area contributed by atoms with Gasteiger partial charge in [0.05, 0.1) is 0 Å². The lowest BCUT2D eigenvalue weighted by Crippen LogP contribution is -2.39. The third-order valence-corrected chi connectivity index (χ3v) is 5.39. The van der Waals surface area contributed by atoms with Crippen molar-refractivity contribution in [2.75, 3.05) is 6.54 Å². The van der Waals surface area contributed by atoms with Crippen molar-refractivity contribution in [3.63, 3.8) is 0 Å². The van der Waals surface area contributed by atoms with Crippen molar-refractivity contribution in [3.8, 4) is 0 Å². The maximum Gasteiger partial charge on any atom is 0.0285 e. The Balaban J connectivity index is 2.49. The number of rotatable bonds is 4. The van der Waals surface area contributed by atoms with Crippen LogP contribution in [0.2, 0.25) is 0 Å². The molecule has 1 rings (SSSR count). The molecule has 1 aliphatic rings. The zero-order chi connectivity index (χ0) is 10.6. The van der Waals surface area contributed by atoms with Crippen LogP contribution in [0.25, 0.3) is 0 Å². The fourth-order valence-electron chi connectivity index (χ4n) is 2.17. The number of hydrogen-bond acceptors (Lipinski definition) is 2. The van der Waals surface area contributed by atoms with Crippen LogP contribution in [0, 0.1) is 5.92 Å². The summed E-state index contributed by atoms with van der Waals surface area (Å²) in [7, 11) is 0. The topological polar surface area (TPSA) is 26.0 Å². The fourth-order valence-corrected chi connectivity index (χ4v) is 3.76. The minimum atomic E-state index is 0.419. The second-order valence-electron chi connectivity index (χ2n) is 4.91. The van der Waals surface area contributed by atoms with Crippen molar-refractivity contribution in [2.45, 2.75) is 62.9 Å². The van der Waals surface area contributed by atoms with Gasteiger partial charge in [0.15, 0.2) is 0 Å². The molecule has 0 aromatic heterocycles. The predicted octanol–water partition coefficient (Wildman–Crippen LogP) is 3.43. The van der Waals surface area contributed by atoms with Gasteiger partial charge in [-0.15, -0.1) is 0 Å². The average molecular weight is 215 g/mol. The first-order valence-electron chi connectivity index (χ1n) is 6.00. The first kappa shape index (κ1) is 12.4. The number of hydrogen-bond donors (Lipinski definition) is 1. The van der Waals surface area contributed by atoms with E-state index in [4.69, 9.17) is 5.73 Å². The smallest absolute Gasteiger partial charge is 0.0285 e. The zero-order valence-electron chi connectivity index (χ0n) is 9.88. The van der Waals surface area contributed by atoms with Crippen LogP contribution in [0.15, 0.2) is 0 Å². The van der Waals surface area contributed by atoms with Gasteiger partial charge in [0.2, 0.25) is 0 Å². The lowest BCUT2D eigenvalue weighted by molar-refractivity contribution is 0.323. The molecule has 1 fully saturated rings. The highest BCUT2D eigenvalue weighted by Crippen LogP contribution is 2.43. The minimum Gasteiger partial charge on any atom is -0.329 e. The Kier molecular flexibility index (Phi) is 4.78. The molecule has 0 aliphatic heterocycles. The average Bonchev–Trinajstić information content (AvgIpc) is 2.22. The highest BCUT2D eigenvalue weighted by atomic mass is 32.2. The number of thioether (sulfide) groups is 1. The van der Waals surface area contributed by atoms with E-state index >= 15 is 0 Å². The molecule has 1 atom stereocenters. The molecule has 0 amide bonds. The van der Waals surface area contributed by atoms with Crippen molar-refractivity contribution < 1.29 is 0 Å². The summed E-state index contributed by atoms with van der Waals surface area (Å²) in [6.07, 6.45) is 6.68. The summed E-state index contributed by atoms with van der Waals surface area (Å²) in [6, 6.07) is 0. The molecule has 0 radical (unpaired) electrons. The van der Waals surface area contributed by atoms with Crippen LogP contribution >= 0.6 is 11.8 Å². The standard InChI is InChI=1S/C12H25NS/c1-4-11(3)14-12(9-13)7-5-10(2)6-8-12/h10-11H,4-9,13H2,1-3H3. The van der Waals surface area contributed by atoms with Gasteiger partial charge in [0.25, 0.3) is 0 Å². The van der Waals surface area contributed by atoms with E-state index in [1.807, 2.05) is 0 Å². The molecule has 0 spiro atoms. The molecular weight excluding hydrogens is 190 g/mol. The van der Waals surface area contributed by atoms with Gasteiger partial charge >= 0.3 is 0 Å². The molecule has 0 aromatic rings. The van der Waals surface area contributed by atoms with Gasteiger partial charge in [0, 0.05) is 16.5 Å². The van der Waals surface area contributed by atoms with Crippen molar-refractivity contribution in [2.24, 2.45) is 11.7 Å². The molecule has 0 aromatic carbocycles. The van der Waals surface area contributed by atoms with Crippen LogP contribution in [0.3, 0.4) is 0 Å². The van der Waals surface area contributed by atoms with Crippen molar-refractivity contribution in [1.29, 1.82) is 0 Å². The maximum atomic E-state index is 5.97. The Morgan fingerprint density at radius 3 is 2.43 bits per heavy atom. The first-order valence-corrected chi connectivity index (χ1v) is 6.87. The maximum absolute atomic E-state index is 5.97. The Hall–Kier alpha value is 0.310. The van der Waals surface area contributed by atoms with Crippen LogP contribution in [0.5, 0.6) is 0 Å². The second-order valence-corrected chi connectivity index (χ2v) is 6.81. The molecule has 2 heteroatoms. The van der Waals surface area contributed by atoms with E-state index in [-0.39, 0.29) is 0 Å². The molecule has 1 aliphatic carbocycles. The van der Waals surface area contributed by atoms with Crippen LogP contribution in [0.4, 0.5) is 0 Å². The van der Waals surface area contributed by atoms with Gasteiger partial charge in [0.1, 0.15) is 0 Å². The number of nitrogens with two attached hydrogens (primary N) is 1. The first-order chi connectivity index (χ1) is 6.62. The lowest BCUT2D eigenvalue weighted by atomic mass is 9.82. The van der Waals surface area contributed by atoms with Crippen molar-refractivity contribution in [3.05, 3.63) is 0 Å². The monoisotopic (exact) mass is 215 g/mol. The molecule has 0 saturated heterocycles. The van der Waals surface area contributed by atoms with E-state index in [0.29, 0.717) is 4.75 Å². The Morgan fingerprint density at radius 1 is 1.43 bits per heavy atom. The molecule has 2 N–H and O–H groups in total. The summed E-state index contributed by atoms with van der Waals surface area (Å²) in [5.74, 6) is 0.923. The summed E-state index contributed by atoms with van der Waals surface area (Å²) < 4.78 is 0.419. The van der Waals surface area contributed by atoms with Crippen molar-refractivity contribution >= 4 is 11.8 Å². The molecule has 1 nitrogen and oxygen atoms in total. The molecule has 1 unspecified atom stereocenters. The second kappa shape index (κ2) is 5.41. The summed E-state index contributed by atoms with van der Waals surface area (Å²) >= 11 is 2.14.